The molecule has 4 rings (SSSR count). The molecule has 0 fully saturated rings. The maximum Gasteiger partial charge on any atom is 0.264 e. The zero-order valence-corrected chi connectivity index (χ0v) is 22.8. The summed E-state index contributed by atoms with van der Waals surface area (Å²) in [6, 6.07) is 29.9. The van der Waals surface area contributed by atoms with Gasteiger partial charge in [0.15, 0.2) is 0 Å². The van der Waals surface area contributed by atoms with Crippen LogP contribution in [-0.4, -0.2) is 20.9 Å². The van der Waals surface area contributed by atoms with E-state index in [0.717, 1.165) is 28.0 Å². The highest BCUT2D eigenvalue weighted by Gasteiger charge is 2.28. The minimum Gasteiger partial charge on any atom is -0.324 e. The van der Waals surface area contributed by atoms with E-state index in [1.807, 2.05) is 69.3 Å². The lowest BCUT2D eigenvalue weighted by Gasteiger charge is -2.26. The van der Waals surface area contributed by atoms with E-state index in [1.54, 1.807) is 48.2 Å². The van der Waals surface area contributed by atoms with Crippen molar-refractivity contribution in [2.75, 3.05) is 16.2 Å². The van der Waals surface area contributed by atoms with Crippen molar-refractivity contribution in [3.05, 3.63) is 119 Å². The Balaban J connectivity index is 1.53. The highest BCUT2D eigenvalue weighted by Crippen LogP contribution is 2.28. The maximum absolute atomic E-state index is 13.6. The number of nitrogens with one attached hydrogen (secondary N) is 1. The number of rotatable bonds is 9. The Bertz CT molecular complexity index is 1490. The monoisotopic (exact) mass is 530 g/mol. The third kappa shape index (κ3) is 6.61. The van der Waals surface area contributed by atoms with Gasteiger partial charge in [-0.15, -0.1) is 11.8 Å². The van der Waals surface area contributed by atoms with E-state index in [4.69, 9.17) is 0 Å². The predicted octanol–water partition coefficient (Wildman–Crippen LogP) is 6.74. The second kappa shape index (κ2) is 11.7. The molecule has 4 aromatic rings. The summed E-state index contributed by atoms with van der Waals surface area (Å²) in [4.78, 5) is 14.5. The van der Waals surface area contributed by atoms with Gasteiger partial charge in [-0.1, -0.05) is 66.2 Å². The standard InChI is InChI=1S/C30H30N2O3S2/c1-22-13-16-27(17-14-22)37(34,35)32(29-12-8-7-9-23(29)2)20-30(33)31-28-18-15-25(19-24(28)3)21-36-26-10-5-4-6-11-26/h4-19H,20-21H2,1-3H3,(H,31,33). The molecule has 190 valence electrons. The van der Waals surface area contributed by atoms with Crippen molar-refractivity contribution in [3.63, 3.8) is 0 Å². The minimum absolute atomic E-state index is 0.144. The minimum atomic E-state index is -3.96. The molecule has 0 aliphatic heterocycles. The number of hydrogen-bond donors (Lipinski definition) is 1. The average Bonchev–Trinajstić information content (AvgIpc) is 2.89. The zero-order valence-electron chi connectivity index (χ0n) is 21.1. The van der Waals surface area contributed by atoms with E-state index in [9.17, 15) is 13.2 Å². The van der Waals surface area contributed by atoms with Gasteiger partial charge in [-0.25, -0.2) is 8.42 Å². The topological polar surface area (TPSA) is 66.5 Å². The Labute approximate surface area is 223 Å². The number of aryl methyl sites for hydroxylation is 3. The van der Waals surface area contributed by atoms with E-state index in [1.165, 1.54) is 9.20 Å². The number of amides is 1. The molecule has 0 saturated heterocycles. The van der Waals surface area contributed by atoms with Crippen LogP contribution in [0.2, 0.25) is 0 Å². The van der Waals surface area contributed by atoms with Gasteiger partial charge in [0.1, 0.15) is 6.54 Å². The molecular weight excluding hydrogens is 500 g/mol. The maximum atomic E-state index is 13.6. The van der Waals surface area contributed by atoms with Crippen LogP contribution in [0.15, 0.2) is 107 Å². The van der Waals surface area contributed by atoms with Gasteiger partial charge in [0, 0.05) is 16.3 Å². The van der Waals surface area contributed by atoms with E-state index < -0.39 is 15.9 Å². The Morgan fingerprint density at radius 3 is 2.16 bits per heavy atom. The van der Waals surface area contributed by atoms with Crippen molar-refractivity contribution in [1.29, 1.82) is 0 Å². The van der Waals surface area contributed by atoms with Crippen LogP contribution in [-0.2, 0) is 20.6 Å². The van der Waals surface area contributed by atoms with E-state index in [0.29, 0.717) is 11.4 Å². The van der Waals surface area contributed by atoms with E-state index in [-0.39, 0.29) is 11.4 Å². The van der Waals surface area contributed by atoms with Crippen molar-refractivity contribution < 1.29 is 13.2 Å². The SMILES string of the molecule is Cc1ccc(S(=O)(=O)N(CC(=O)Nc2ccc(CSc3ccccc3)cc2C)c2ccccc2C)cc1. The number of sulfonamides is 1. The van der Waals surface area contributed by atoms with Crippen LogP contribution in [0.4, 0.5) is 11.4 Å². The summed E-state index contributed by atoms with van der Waals surface area (Å²) in [7, 11) is -3.96. The summed E-state index contributed by atoms with van der Waals surface area (Å²) in [5.41, 5.74) is 4.93. The normalized spacial score (nSPS) is 11.2. The first-order chi connectivity index (χ1) is 17.7. The van der Waals surface area contributed by atoms with Crippen LogP contribution in [0, 0.1) is 20.8 Å². The highest BCUT2D eigenvalue weighted by molar-refractivity contribution is 7.98. The molecular formula is C30H30N2O3S2. The number of nitrogens with zero attached hydrogens (tertiary/aromatic N) is 1. The first-order valence-corrected chi connectivity index (χ1v) is 14.4. The molecule has 0 aliphatic rings. The second-order valence-corrected chi connectivity index (χ2v) is 11.8. The summed E-state index contributed by atoms with van der Waals surface area (Å²) < 4.78 is 28.4. The third-order valence-electron chi connectivity index (χ3n) is 5.99. The van der Waals surface area contributed by atoms with Crippen molar-refractivity contribution >= 4 is 39.1 Å². The van der Waals surface area contributed by atoms with Crippen molar-refractivity contribution in [2.24, 2.45) is 0 Å². The summed E-state index contributed by atoms with van der Waals surface area (Å²) in [5, 5.41) is 2.91. The van der Waals surface area contributed by atoms with Crippen LogP contribution in [0.1, 0.15) is 22.3 Å². The Morgan fingerprint density at radius 2 is 1.49 bits per heavy atom. The smallest absolute Gasteiger partial charge is 0.264 e. The molecule has 0 heterocycles. The molecule has 0 unspecified atom stereocenters. The molecule has 1 amide bonds. The fourth-order valence-electron chi connectivity index (χ4n) is 3.94. The third-order valence-corrected chi connectivity index (χ3v) is 8.85. The van der Waals surface area contributed by atoms with Gasteiger partial charge < -0.3 is 5.32 Å². The van der Waals surface area contributed by atoms with Crippen LogP contribution in [0.25, 0.3) is 0 Å². The van der Waals surface area contributed by atoms with Crippen molar-refractivity contribution in [1.82, 2.24) is 0 Å². The molecule has 0 spiro atoms. The molecule has 1 N–H and O–H groups in total. The summed E-state index contributed by atoms with van der Waals surface area (Å²) in [5.74, 6) is 0.406. The van der Waals surface area contributed by atoms with Gasteiger partial charge in [-0.3, -0.25) is 9.10 Å². The predicted molar refractivity (Wildman–Crippen MR) is 153 cm³/mol. The largest absolute Gasteiger partial charge is 0.324 e. The van der Waals surface area contributed by atoms with Crippen LogP contribution < -0.4 is 9.62 Å². The number of para-hydroxylation sites is 1. The summed E-state index contributed by atoms with van der Waals surface area (Å²) >= 11 is 1.75. The molecule has 0 bridgehead atoms. The van der Waals surface area contributed by atoms with Gasteiger partial charge >= 0.3 is 0 Å². The van der Waals surface area contributed by atoms with Gasteiger partial charge in [-0.2, -0.15) is 0 Å². The highest BCUT2D eigenvalue weighted by atomic mass is 32.2. The van der Waals surface area contributed by atoms with E-state index >= 15 is 0 Å². The number of carbonyl (C=O) groups is 1. The van der Waals surface area contributed by atoms with Gasteiger partial charge in [0.25, 0.3) is 10.0 Å². The van der Waals surface area contributed by atoms with Crippen molar-refractivity contribution in [2.45, 2.75) is 36.3 Å². The number of hydrogen-bond acceptors (Lipinski definition) is 4. The van der Waals surface area contributed by atoms with Crippen molar-refractivity contribution in [3.8, 4) is 0 Å². The number of benzene rings is 4. The fraction of sp³-hybridized carbons (Fsp3) is 0.167. The Kier molecular flexibility index (Phi) is 8.36. The van der Waals surface area contributed by atoms with Crippen LogP contribution in [0.5, 0.6) is 0 Å². The van der Waals surface area contributed by atoms with Crippen LogP contribution in [0.3, 0.4) is 0 Å². The Morgan fingerprint density at radius 1 is 0.811 bits per heavy atom. The lowest BCUT2D eigenvalue weighted by molar-refractivity contribution is -0.114. The molecule has 4 aromatic carbocycles. The molecule has 7 heteroatoms. The zero-order chi connectivity index (χ0) is 26.4. The van der Waals surface area contributed by atoms with Gasteiger partial charge in [0.2, 0.25) is 5.91 Å². The number of carbonyl (C=O) groups excluding carboxylic acids is 1. The fourth-order valence-corrected chi connectivity index (χ4v) is 6.29. The lowest BCUT2D eigenvalue weighted by atomic mass is 10.1. The first-order valence-electron chi connectivity index (χ1n) is 12.0. The Hall–Kier alpha value is -3.55. The molecule has 0 saturated carbocycles. The molecule has 0 atom stereocenters. The van der Waals surface area contributed by atoms with Gasteiger partial charge in [0.05, 0.1) is 10.6 Å². The molecule has 0 radical (unpaired) electrons. The number of thioether (sulfide) groups is 1. The average molecular weight is 531 g/mol. The summed E-state index contributed by atoms with van der Waals surface area (Å²) in [6.45, 7) is 5.33. The van der Waals surface area contributed by atoms with Crippen LogP contribution >= 0.6 is 11.8 Å². The molecule has 37 heavy (non-hydrogen) atoms. The summed E-state index contributed by atoms with van der Waals surface area (Å²) in [6.07, 6.45) is 0. The number of anilines is 2. The van der Waals surface area contributed by atoms with Gasteiger partial charge in [-0.05, 0) is 73.9 Å². The molecule has 0 aliphatic carbocycles. The first kappa shape index (κ1) is 26.5. The second-order valence-electron chi connectivity index (χ2n) is 8.91. The lowest BCUT2D eigenvalue weighted by Crippen LogP contribution is -2.38. The van der Waals surface area contributed by atoms with E-state index in [2.05, 4.69) is 17.4 Å². The quantitative estimate of drug-likeness (QED) is 0.244. The molecule has 0 aromatic heterocycles. The molecule has 5 nitrogen and oxygen atoms in total.